The first-order chi connectivity index (χ1) is 1.00. The van der Waals surface area contributed by atoms with E-state index in [1.165, 1.54) is 0 Å². The van der Waals surface area contributed by atoms with E-state index >= 15 is 0 Å². The molecule has 39 valence electrons. The molecular formula is Co2FeMnO. The number of hydrogen-bond acceptors (Lipinski definition) is 1. The summed E-state index contributed by atoms with van der Waals surface area (Å²) in [7, 11) is 0. The van der Waals surface area contributed by atoms with E-state index in [2.05, 4.69) is 15.7 Å². The van der Waals surface area contributed by atoms with Crippen molar-refractivity contribution in [3.8, 4) is 0 Å². The molecule has 0 aliphatic rings. The molecular weight excluding hydrogens is 245 g/mol. The van der Waals surface area contributed by atoms with Gasteiger partial charge >= 0.3 is 19.5 Å². The summed E-state index contributed by atoms with van der Waals surface area (Å²) in [6, 6.07) is 0. The third-order valence-electron chi connectivity index (χ3n) is 0. The summed E-state index contributed by atoms with van der Waals surface area (Å²) < 4.78 is 7.94. The fraction of sp³-hybridized carbons (Fsp3) is 0. The van der Waals surface area contributed by atoms with Crippen molar-refractivity contribution in [3.05, 3.63) is 0 Å². The van der Waals surface area contributed by atoms with Gasteiger partial charge < -0.3 is 0 Å². The third-order valence-corrected chi connectivity index (χ3v) is 0. The van der Waals surface area contributed by atoms with Gasteiger partial charge in [0.1, 0.15) is 0 Å². The van der Waals surface area contributed by atoms with Crippen molar-refractivity contribution in [3.63, 3.8) is 0 Å². The Bertz CT molecular complexity index is 9.61. The van der Waals surface area contributed by atoms with Crippen molar-refractivity contribution >= 4 is 0 Å². The topological polar surface area (TPSA) is 17.1 Å². The Hall–Kier alpha value is 1.85. The third kappa shape index (κ3) is 25.3. The predicted molar refractivity (Wildman–Crippen MR) is 0.686 cm³/mol. The van der Waals surface area contributed by atoms with Gasteiger partial charge in [-0.25, -0.2) is 0 Å². The molecule has 0 aromatic rings. The quantitative estimate of drug-likeness (QED) is 0.543. The van der Waals surface area contributed by atoms with E-state index in [0.717, 1.165) is 0 Å². The first kappa shape index (κ1) is 28.8. The second-order valence-corrected chi connectivity index (χ2v) is 0. The Morgan fingerprint density at radius 1 is 1.20 bits per heavy atom. The van der Waals surface area contributed by atoms with Gasteiger partial charge in [-0.2, -0.15) is 0 Å². The minimum absolute atomic E-state index is 0. The SMILES string of the molecule is [Co].[Fe].[Mn].[O]=[Co]. The van der Waals surface area contributed by atoms with E-state index < -0.39 is 0 Å². The molecule has 1 nitrogen and oxygen atoms in total. The molecule has 5 heavy (non-hydrogen) atoms. The van der Waals surface area contributed by atoms with E-state index in [1.807, 2.05) is 0 Å². The monoisotopic (exact) mass is 245 g/mol. The first-order valence-corrected chi connectivity index (χ1v) is 0.561. The normalized spacial score (nSPS) is 1.00. The van der Waals surface area contributed by atoms with Crippen LogP contribution in [-0.2, 0) is 70.4 Å². The molecule has 0 bridgehead atoms. The number of rotatable bonds is 0. The fourth-order valence-corrected chi connectivity index (χ4v) is 0. The minimum atomic E-state index is 0. The number of hydrogen-bond donors (Lipinski definition) is 0. The molecule has 0 rings (SSSR count). The summed E-state index contributed by atoms with van der Waals surface area (Å²) in [4.78, 5) is 0. The van der Waals surface area contributed by atoms with Crippen molar-refractivity contribution < 1.29 is 70.4 Å². The van der Waals surface area contributed by atoms with E-state index in [0.29, 0.717) is 0 Å². The second-order valence-electron chi connectivity index (χ2n) is 0. The van der Waals surface area contributed by atoms with E-state index in [-0.39, 0.29) is 50.9 Å². The van der Waals surface area contributed by atoms with Gasteiger partial charge in [-0.1, -0.05) is 0 Å². The van der Waals surface area contributed by atoms with Crippen LogP contribution in [0, 0.1) is 0 Å². The molecule has 0 amide bonds. The van der Waals surface area contributed by atoms with Crippen LogP contribution in [0.15, 0.2) is 0 Å². The van der Waals surface area contributed by atoms with Gasteiger partial charge in [0.25, 0.3) is 0 Å². The van der Waals surface area contributed by atoms with Gasteiger partial charge in [0, 0.05) is 50.9 Å². The molecule has 0 aromatic heterocycles. The molecule has 0 fully saturated rings. The molecule has 5 heteroatoms. The van der Waals surface area contributed by atoms with Gasteiger partial charge in [0.2, 0.25) is 0 Å². The van der Waals surface area contributed by atoms with Crippen LogP contribution in [-0.4, -0.2) is 0 Å². The maximum atomic E-state index is 7.94. The summed E-state index contributed by atoms with van der Waals surface area (Å²) in [5.74, 6) is 0. The average Bonchev–Trinajstić information content (AvgIpc) is 1.00. The van der Waals surface area contributed by atoms with Crippen LogP contribution in [0.25, 0.3) is 0 Å². The molecule has 0 spiro atoms. The molecule has 2 radical (unpaired) electrons. The van der Waals surface area contributed by atoms with E-state index in [1.54, 1.807) is 0 Å². The van der Waals surface area contributed by atoms with Crippen molar-refractivity contribution in [1.82, 2.24) is 0 Å². The Morgan fingerprint density at radius 3 is 1.20 bits per heavy atom. The Morgan fingerprint density at radius 2 is 1.20 bits per heavy atom. The van der Waals surface area contributed by atoms with E-state index in [9.17, 15) is 0 Å². The Labute approximate surface area is 70.0 Å². The van der Waals surface area contributed by atoms with Crippen LogP contribution < -0.4 is 0 Å². The second kappa shape index (κ2) is 40.2. The molecule has 0 aliphatic carbocycles. The average molecular weight is 245 g/mol. The van der Waals surface area contributed by atoms with Crippen LogP contribution >= 0.6 is 0 Å². The predicted octanol–water partition coefficient (Wildman–Crippen LogP) is -0.129. The molecule has 0 aliphatic heterocycles. The van der Waals surface area contributed by atoms with Crippen molar-refractivity contribution in [2.24, 2.45) is 0 Å². The molecule has 0 N–H and O–H groups in total. The summed E-state index contributed by atoms with van der Waals surface area (Å²) in [5.41, 5.74) is 0. The molecule has 0 heterocycles. The van der Waals surface area contributed by atoms with Crippen molar-refractivity contribution in [1.29, 1.82) is 0 Å². The summed E-state index contributed by atoms with van der Waals surface area (Å²) in [6.45, 7) is 0. The van der Waals surface area contributed by atoms with Crippen molar-refractivity contribution in [2.75, 3.05) is 0 Å². The Balaban J connectivity index is -0.00000000167. The van der Waals surface area contributed by atoms with Crippen LogP contribution in [0.5, 0.6) is 0 Å². The standard InChI is InChI=1S/2Co.Fe.Mn.O. The molecule has 0 aromatic carbocycles. The molecule has 0 saturated carbocycles. The zero-order valence-electron chi connectivity index (χ0n) is 1.81. The molecule has 0 atom stereocenters. The van der Waals surface area contributed by atoms with Gasteiger partial charge in [0.15, 0.2) is 0 Å². The molecule has 0 unspecified atom stereocenters. The van der Waals surface area contributed by atoms with Crippen LogP contribution in [0.2, 0.25) is 0 Å². The zero-order valence-corrected chi connectivity index (χ0v) is 6.17. The van der Waals surface area contributed by atoms with Gasteiger partial charge in [-0.15, -0.1) is 0 Å². The maximum absolute atomic E-state index is 7.94. The van der Waals surface area contributed by atoms with Crippen LogP contribution in [0.1, 0.15) is 0 Å². The molecule has 0 saturated heterocycles. The fourth-order valence-electron chi connectivity index (χ4n) is 0. The van der Waals surface area contributed by atoms with E-state index in [4.69, 9.17) is 3.87 Å². The van der Waals surface area contributed by atoms with Crippen molar-refractivity contribution in [2.45, 2.75) is 0 Å². The zero-order chi connectivity index (χ0) is 2.00. The first-order valence-electron chi connectivity index (χ1n) is 0.136. The van der Waals surface area contributed by atoms with Crippen LogP contribution in [0.3, 0.4) is 0 Å². The summed E-state index contributed by atoms with van der Waals surface area (Å²) in [6.07, 6.45) is 0. The summed E-state index contributed by atoms with van der Waals surface area (Å²) >= 11 is 2.31. The van der Waals surface area contributed by atoms with Gasteiger partial charge in [-0.3, -0.25) is 0 Å². The Kier molecular flexibility index (Phi) is 232. The van der Waals surface area contributed by atoms with Gasteiger partial charge in [0.05, 0.1) is 0 Å². The van der Waals surface area contributed by atoms with Gasteiger partial charge in [-0.05, 0) is 0 Å². The van der Waals surface area contributed by atoms with Crippen LogP contribution in [0.4, 0.5) is 0 Å². The summed E-state index contributed by atoms with van der Waals surface area (Å²) in [5, 5.41) is 0.